The van der Waals surface area contributed by atoms with Crippen LogP contribution in [0.4, 0.5) is 5.69 Å². The lowest BCUT2D eigenvalue weighted by atomic mass is 10.1. The minimum atomic E-state index is 0.282. The van der Waals surface area contributed by atoms with Crippen molar-refractivity contribution in [3.8, 4) is 5.75 Å². The topological polar surface area (TPSA) is 32.3 Å². The molecule has 1 aromatic rings. The van der Waals surface area contributed by atoms with E-state index in [4.69, 9.17) is 0 Å². The van der Waals surface area contributed by atoms with Crippen molar-refractivity contribution >= 4 is 34.4 Å². The summed E-state index contributed by atoms with van der Waals surface area (Å²) < 4.78 is 0.282. The van der Waals surface area contributed by atoms with Crippen LogP contribution >= 0.6 is 22.6 Å². The summed E-state index contributed by atoms with van der Waals surface area (Å²) in [5.74, 6) is 0.295. The Morgan fingerprint density at radius 1 is 1.50 bits per heavy atom. The van der Waals surface area contributed by atoms with Gasteiger partial charge in [0.05, 0.1) is 9.74 Å². The number of para-hydroxylation sites is 1. The minimum absolute atomic E-state index is 0.282. The maximum absolute atomic E-state index is 9.67. The molecule has 0 aromatic heterocycles. The van der Waals surface area contributed by atoms with Crippen LogP contribution in [-0.4, -0.2) is 9.16 Å². The van der Waals surface area contributed by atoms with Crippen molar-refractivity contribution in [2.45, 2.75) is 17.9 Å². The fourth-order valence-electron chi connectivity index (χ4n) is 1.23. The van der Waals surface area contributed by atoms with Crippen molar-refractivity contribution in [1.82, 2.24) is 0 Å². The largest absolute Gasteiger partial charge is 0.506 e. The number of rotatable bonds is 3. The summed E-state index contributed by atoms with van der Waals surface area (Å²) >= 11 is 2.26. The summed E-state index contributed by atoms with van der Waals surface area (Å²) in [4.78, 5) is 0. The van der Waals surface area contributed by atoms with Crippen molar-refractivity contribution in [2.24, 2.45) is 0 Å². The first kappa shape index (κ1) is 11.4. The third-order valence-electron chi connectivity index (χ3n) is 1.76. The Labute approximate surface area is 98.2 Å². The van der Waals surface area contributed by atoms with Gasteiger partial charge in [-0.1, -0.05) is 46.9 Å². The van der Waals surface area contributed by atoms with Gasteiger partial charge in [-0.15, -0.1) is 0 Å². The van der Waals surface area contributed by atoms with E-state index in [1.54, 1.807) is 6.07 Å². The average molecular weight is 303 g/mol. The van der Waals surface area contributed by atoms with Crippen LogP contribution in [0.1, 0.15) is 19.4 Å². The molecule has 0 saturated carbocycles. The maximum atomic E-state index is 9.67. The monoisotopic (exact) mass is 303 g/mol. The minimum Gasteiger partial charge on any atom is -0.506 e. The van der Waals surface area contributed by atoms with Crippen LogP contribution in [0.5, 0.6) is 5.75 Å². The molecule has 0 aliphatic rings. The van der Waals surface area contributed by atoms with Gasteiger partial charge in [-0.05, 0) is 19.9 Å². The van der Waals surface area contributed by atoms with Crippen molar-refractivity contribution in [1.29, 1.82) is 0 Å². The van der Waals surface area contributed by atoms with E-state index in [0.717, 1.165) is 11.3 Å². The molecule has 0 aliphatic heterocycles. The second kappa shape index (κ2) is 5.24. The number of phenols is 1. The molecule has 0 bridgehead atoms. The lowest BCUT2D eigenvalue weighted by Crippen LogP contribution is -2.07. The first-order chi connectivity index (χ1) is 6.65. The van der Waals surface area contributed by atoms with Gasteiger partial charge in [-0.2, -0.15) is 0 Å². The van der Waals surface area contributed by atoms with Crippen molar-refractivity contribution < 1.29 is 5.11 Å². The van der Waals surface area contributed by atoms with E-state index in [0.29, 0.717) is 5.75 Å². The third-order valence-corrected chi connectivity index (χ3v) is 2.08. The molecule has 0 aliphatic carbocycles. The number of hydrogen-bond acceptors (Lipinski definition) is 2. The van der Waals surface area contributed by atoms with Crippen LogP contribution in [0.3, 0.4) is 0 Å². The molecule has 2 nitrogen and oxygen atoms in total. The Kier molecular flexibility index (Phi) is 4.25. The van der Waals surface area contributed by atoms with Gasteiger partial charge in [0.2, 0.25) is 0 Å². The highest BCUT2D eigenvalue weighted by Crippen LogP contribution is 2.29. The zero-order chi connectivity index (χ0) is 10.6. The van der Waals surface area contributed by atoms with Crippen molar-refractivity contribution in [2.75, 3.05) is 5.32 Å². The lowest BCUT2D eigenvalue weighted by Gasteiger charge is -2.13. The van der Waals surface area contributed by atoms with Gasteiger partial charge in [0.1, 0.15) is 5.75 Å². The van der Waals surface area contributed by atoms with Gasteiger partial charge >= 0.3 is 0 Å². The highest BCUT2D eigenvalue weighted by atomic mass is 127. The predicted molar refractivity (Wildman–Crippen MR) is 69.9 cm³/mol. The molecule has 2 N–H and O–H groups in total. The quantitative estimate of drug-likeness (QED) is 0.387. The standard InChI is InChI=1S/C11H14INO/c1-3-5-9-6-4-7-10(14)11(9)13-8(2)12/h3-8,13-14H,1-2H3/b5-3-. The number of allylic oxidation sites excluding steroid dienone is 1. The van der Waals surface area contributed by atoms with Crippen LogP contribution in [0.15, 0.2) is 24.3 Å². The maximum Gasteiger partial charge on any atom is 0.139 e. The lowest BCUT2D eigenvalue weighted by molar-refractivity contribution is 0.477. The molecule has 14 heavy (non-hydrogen) atoms. The molecular formula is C11H14INO. The van der Waals surface area contributed by atoms with Crippen LogP contribution in [0.25, 0.3) is 6.08 Å². The van der Waals surface area contributed by atoms with Gasteiger partial charge in [0, 0.05) is 5.56 Å². The first-order valence-corrected chi connectivity index (χ1v) is 5.75. The number of alkyl halides is 1. The first-order valence-electron chi connectivity index (χ1n) is 4.50. The molecule has 1 atom stereocenters. The number of halogens is 1. The Balaban J connectivity index is 3.08. The highest BCUT2D eigenvalue weighted by Gasteiger charge is 2.06. The summed E-state index contributed by atoms with van der Waals surface area (Å²) in [6.45, 7) is 3.99. The summed E-state index contributed by atoms with van der Waals surface area (Å²) in [7, 11) is 0. The summed E-state index contributed by atoms with van der Waals surface area (Å²) in [6.07, 6.45) is 3.93. The molecule has 0 saturated heterocycles. The van der Waals surface area contributed by atoms with Crippen LogP contribution < -0.4 is 5.32 Å². The number of anilines is 1. The molecular weight excluding hydrogens is 289 g/mol. The number of phenolic OH excluding ortho intramolecular Hbond substituents is 1. The highest BCUT2D eigenvalue weighted by molar-refractivity contribution is 14.1. The zero-order valence-corrected chi connectivity index (χ0v) is 10.4. The molecule has 1 aromatic carbocycles. The second-order valence-corrected chi connectivity index (χ2v) is 4.87. The normalized spacial score (nSPS) is 13.1. The molecule has 0 fully saturated rings. The van der Waals surface area contributed by atoms with Gasteiger partial charge in [-0.25, -0.2) is 0 Å². The Morgan fingerprint density at radius 2 is 2.21 bits per heavy atom. The average Bonchev–Trinajstić information content (AvgIpc) is 2.11. The second-order valence-electron chi connectivity index (χ2n) is 3.00. The third kappa shape index (κ3) is 2.90. The number of hydrogen-bond donors (Lipinski definition) is 2. The van der Waals surface area contributed by atoms with E-state index >= 15 is 0 Å². The van der Waals surface area contributed by atoms with Crippen molar-refractivity contribution in [3.63, 3.8) is 0 Å². The van der Waals surface area contributed by atoms with Gasteiger partial charge in [0.25, 0.3) is 0 Å². The Bertz CT molecular complexity index is 334. The molecule has 0 spiro atoms. The number of benzene rings is 1. The van der Waals surface area contributed by atoms with E-state index in [2.05, 4.69) is 27.9 Å². The van der Waals surface area contributed by atoms with Crippen LogP contribution in [0, 0.1) is 0 Å². The van der Waals surface area contributed by atoms with E-state index in [1.807, 2.05) is 38.1 Å². The summed E-state index contributed by atoms with van der Waals surface area (Å²) in [6, 6.07) is 5.50. The zero-order valence-electron chi connectivity index (χ0n) is 8.29. The Hall–Kier alpha value is -0.710. The van der Waals surface area contributed by atoms with E-state index < -0.39 is 0 Å². The van der Waals surface area contributed by atoms with Crippen LogP contribution in [0.2, 0.25) is 0 Å². The van der Waals surface area contributed by atoms with E-state index in [-0.39, 0.29) is 4.05 Å². The van der Waals surface area contributed by atoms with Gasteiger partial charge in [-0.3, -0.25) is 0 Å². The number of nitrogens with one attached hydrogen (secondary N) is 1. The molecule has 1 rings (SSSR count). The predicted octanol–water partition coefficient (Wildman–Crippen LogP) is 3.62. The van der Waals surface area contributed by atoms with Gasteiger partial charge in [0.15, 0.2) is 0 Å². The Morgan fingerprint density at radius 3 is 2.79 bits per heavy atom. The van der Waals surface area contributed by atoms with E-state index in [1.165, 1.54) is 0 Å². The van der Waals surface area contributed by atoms with Crippen molar-refractivity contribution in [3.05, 3.63) is 29.8 Å². The molecule has 0 amide bonds. The molecule has 1 unspecified atom stereocenters. The number of aromatic hydroxyl groups is 1. The SMILES string of the molecule is C/C=C\c1cccc(O)c1NC(C)I. The molecule has 76 valence electrons. The molecule has 0 heterocycles. The molecule has 3 heteroatoms. The molecule has 0 radical (unpaired) electrons. The van der Waals surface area contributed by atoms with E-state index in [9.17, 15) is 5.11 Å². The van der Waals surface area contributed by atoms with Crippen LogP contribution in [-0.2, 0) is 0 Å². The smallest absolute Gasteiger partial charge is 0.139 e. The fraction of sp³-hybridized carbons (Fsp3) is 0.273. The fourth-order valence-corrected chi connectivity index (χ4v) is 1.54. The summed E-state index contributed by atoms with van der Waals surface area (Å²) in [5.41, 5.74) is 1.81. The van der Waals surface area contributed by atoms with Gasteiger partial charge < -0.3 is 10.4 Å². The summed E-state index contributed by atoms with van der Waals surface area (Å²) in [5, 5.41) is 12.9.